The Balaban J connectivity index is 1.33. The number of benzene rings is 3. The number of carbonyl (C=O) groups is 3. The van der Waals surface area contributed by atoms with Crippen LogP contribution in [0.25, 0.3) is 6.08 Å². The summed E-state index contributed by atoms with van der Waals surface area (Å²) in [7, 11) is -2.90. The van der Waals surface area contributed by atoms with E-state index in [2.05, 4.69) is 82.3 Å². The lowest BCUT2D eigenvalue weighted by Crippen LogP contribution is -2.66. The van der Waals surface area contributed by atoms with E-state index in [1.165, 1.54) is 15.3 Å². The number of phenols is 1. The van der Waals surface area contributed by atoms with Gasteiger partial charge in [-0.3, -0.25) is 19.3 Å². The van der Waals surface area contributed by atoms with Gasteiger partial charge in [-0.1, -0.05) is 112 Å². The van der Waals surface area contributed by atoms with Crippen molar-refractivity contribution in [2.24, 2.45) is 17.8 Å². The molecule has 2 fully saturated rings. The second-order valence-electron chi connectivity index (χ2n) is 15.9. The van der Waals surface area contributed by atoms with Gasteiger partial charge < -0.3 is 19.4 Å². The maximum absolute atomic E-state index is 14.1. The van der Waals surface area contributed by atoms with Gasteiger partial charge >= 0.3 is 5.97 Å². The average molecular weight is 736 g/mol. The van der Waals surface area contributed by atoms with Crippen LogP contribution in [-0.2, 0) is 23.5 Å². The summed E-state index contributed by atoms with van der Waals surface area (Å²) in [6.07, 6.45) is 5.64. The Labute approximate surface area is 314 Å². The molecular weight excluding hydrogens is 683 g/mol. The molecule has 8 nitrogen and oxygen atoms in total. The summed E-state index contributed by atoms with van der Waals surface area (Å²) in [5.41, 5.74) is 4.29. The molecule has 1 aliphatic carbocycles. The van der Waals surface area contributed by atoms with Crippen molar-refractivity contribution in [3.63, 3.8) is 0 Å². The van der Waals surface area contributed by atoms with E-state index in [0.717, 1.165) is 35.1 Å². The molecule has 9 heteroatoms. The van der Waals surface area contributed by atoms with Crippen LogP contribution in [0, 0.1) is 17.8 Å². The Kier molecular flexibility index (Phi) is 11.9. The van der Waals surface area contributed by atoms with Gasteiger partial charge in [-0.05, 0) is 83.3 Å². The van der Waals surface area contributed by atoms with Gasteiger partial charge in [0.05, 0.1) is 31.2 Å². The zero-order valence-electron chi connectivity index (χ0n) is 31.4. The first-order valence-corrected chi connectivity index (χ1v) is 20.9. The van der Waals surface area contributed by atoms with Crippen LogP contribution in [0.5, 0.6) is 5.75 Å². The van der Waals surface area contributed by atoms with E-state index in [0.29, 0.717) is 45.4 Å². The van der Waals surface area contributed by atoms with E-state index in [1.54, 1.807) is 12.1 Å². The number of aromatic hydroxyl groups is 1. The molecule has 2 amide bonds. The summed E-state index contributed by atoms with van der Waals surface area (Å²) in [6.45, 7) is 9.89. The Morgan fingerprint density at radius 2 is 1.58 bits per heavy atom. The number of fused-ring (bicyclic) bond motifs is 3. The number of aliphatic carboxylic acids is 1. The Hall–Kier alpha value is -4.31. The number of allylic oxidation sites excluding steroid dienone is 1. The predicted molar refractivity (Wildman–Crippen MR) is 209 cm³/mol. The number of rotatable bonds is 15. The van der Waals surface area contributed by atoms with Crippen LogP contribution in [0.15, 0.2) is 102 Å². The minimum Gasteiger partial charge on any atom is -0.508 e. The number of unbranched alkanes of at least 4 members (excludes halogenated alkanes) is 2. The van der Waals surface area contributed by atoms with Crippen molar-refractivity contribution >= 4 is 42.6 Å². The molecule has 0 bridgehead atoms. The lowest BCUT2D eigenvalue weighted by molar-refractivity contribution is -0.141. The van der Waals surface area contributed by atoms with Gasteiger partial charge in [0.25, 0.3) is 8.32 Å². The van der Waals surface area contributed by atoms with Gasteiger partial charge in [0.2, 0.25) is 11.8 Å². The average Bonchev–Trinajstić information content (AvgIpc) is 3.65. The summed E-state index contributed by atoms with van der Waals surface area (Å²) in [5.74, 6) is -2.02. The van der Waals surface area contributed by atoms with Crippen molar-refractivity contribution < 1.29 is 33.8 Å². The van der Waals surface area contributed by atoms with E-state index in [4.69, 9.17) is 14.3 Å². The number of likely N-dealkylation sites (tertiary alicyclic amines) is 1. The van der Waals surface area contributed by atoms with Crippen molar-refractivity contribution in [1.29, 1.82) is 0 Å². The molecule has 6 rings (SSSR count). The molecule has 0 unspecified atom stereocenters. The molecule has 4 atom stereocenters. The fraction of sp³-hybridized carbons (Fsp3) is 0.432. The second kappa shape index (κ2) is 16.4. The molecule has 3 aliphatic rings. The van der Waals surface area contributed by atoms with Crippen molar-refractivity contribution in [2.75, 3.05) is 19.8 Å². The van der Waals surface area contributed by atoms with E-state index in [9.17, 15) is 19.5 Å². The third-order valence-corrected chi connectivity index (χ3v) is 16.3. The highest BCUT2D eigenvalue weighted by Gasteiger charge is 2.57. The maximum Gasteiger partial charge on any atom is 0.303 e. The number of phenolic OH excluding ortho intramolecular Hbond substituents is 1. The highest BCUT2D eigenvalue weighted by molar-refractivity contribution is 6.99. The van der Waals surface area contributed by atoms with Gasteiger partial charge in [0, 0.05) is 18.9 Å². The van der Waals surface area contributed by atoms with Crippen LogP contribution >= 0.6 is 0 Å². The molecule has 3 aromatic carbocycles. The monoisotopic (exact) mass is 735 g/mol. The maximum atomic E-state index is 14.1. The third-order valence-electron chi connectivity index (χ3n) is 11.3. The van der Waals surface area contributed by atoms with Crippen LogP contribution in [0.1, 0.15) is 78.2 Å². The molecule has 53 heavy (non-hydrogen) atoms. The van der Waals surface area contributed by atoms with E-state index < -0.39 is 26.1 Å². The van der Waals surface area contributed by atoms with Crippen LogP contribution in [0.4, 0.5) is 0 Å². The van der Waals surface area contributed by atoms with Gasteiger partial charge in [-0.25, -0.2) is 0 Å². The molecule has 2 aliphatic heterocycles. The predicted octanol–water partition coefficient (Wildman–Crippen LogP) is 7.11. The third kappa shape index (κ3) is 8.12. The number of carboxylic acid groups (broad SMARTS) is 1. The zero-order chi connectivity index (χ0) is 37.8. The number of hydrogen-bond donors (Lipinski definition) is 2. The second-order valence-corrected chi connectivity index (χ2v) is 20.2. The summed E-state index contributed by atoms with van der Waals surface area (Å²) in [5, 5.41) is 21.2. The van der Waals surface area contributed by atoms with Gasteiger partial charge in [0.15, 0.2) is 0 Å². The zero-order valence-corrected chi connectivity index (χ0v) is 32.4. The molecule has 0 aromatic heterocycles. The lowest BCUT2D eigenvalue weighted by atomic mass is 9.69. The molecule has 2 heterocycles. The molecule has 0 radical (unpaired) electrons. The Morgan fingerprint density at radius 3 is 2.21 bits per heavy atom. The molecule has 280 valence electrons. The summed E-state index contributed by atoms with van der Waals surface area (Å²) < 4.78 is 14.0. The minimum atomic E-state index is -2.90. The number of nitrogens with zero attached hydrogens (tertiary/aromatic N) is 1. The van der Waals surface area contributed by atoms with Crippen molar-refractivity contribution in [2.45, 2.75) is 83.8 Å². The van der Waals surface area contributed by atoms with E-state index in [1.807, 2.05) is 24.3 Å². The van der Waals surface area contributed by atoms with Crippen LogP contribution in [0.3, 0.4) is 0 Å². The van der Waals surface area contributed by atoms with Crippen LogP contribution < -0.4 is 10.4 Å². The molecule has 3 aromatic rings. The smallest absolute Gasteiger partial charge is 0.303 e. The fourth-order valence-corrected chi connectivity index (χ4v) is 13.4. The molecular formula is C44H53NO7Si. The lowest BCUT2D eigenvalue weighted by Gasteiger charge is -2.44. The molecule has 0 spiro atoms. The molecule has 2 saturated heterocycles. The number of imide groups is 1. The molecule has 0 saturated carbocycles. The van der Waals surface area contributed by atoms with Gasteiger partial charge in [0.1, 0.15) is 5.75 Å². The summed E-state index contributed by atoms with van der Waals surface area (Å²) in [6, 6.07) is 28.3. The summed E-state index contributed by atoms with van der Waals surface area (Å²) in [4.78, 5) is 40.6. The van der Waals surface area contributed by atoms with Gasteiger partial charge in [-0.15, -0.1) is 0 Å². The highest BCUT2D eigenvalue weighted by Crippen LogP contribution is 2.50. The number of carboxylic acids is 1. The van der Waals surface area contributed by atoms with Crippen LogP contribution in [0.2, 0.25) is 5.04 Å². The Morgan fingerprint density at radius 1 is 0.906 bits per heavy atom. The molecule has 2 N–H and O–H groups in total. The Bertz CT molecular complexity index is 1810. The van der Waals surface area contributed by atoms with Crippen molar-refractivity contribution in [3.05, 3.63) is 107 Å². The van der Waals surface area contributed by atoms with Crippen molar-refractivity contribution in [1.82, 2.24) is 4.90 Å². The van der Waals surface area contributed by atoms with E-state index >= 15 is 0 Å². The van der Waals surface area contributed by atoms with Crippen molar-refractivity contribution in [3.8, 4) is 5.75 Å². The first kappa shape index (κ1) is 38.4. The SMILES string of the molecule is C/C(=C\c1cccc(O)c1)CC[C@H]1OC[C@H]2C1=C(CO[Si](c1ccccc1)(c1ccccc1)C(C)(C)C)C[C@H]1C(=O)N(CCCCCC(=O)O)C(=O)[C@H]12. The largest absolute Gasteiger partial charge is 0.508 e. The highest BCUT2D eigenvalue weighted by atomic mass is 28.4. The van der Waals surface area contributed by atoms with Crippen LogP contribution in [-0.4, -0.2) is 67.1 Å². The number of amides is 2. The topological polar surface area (TPSA) is 113 Å². The standard InChI is InChI=1S/C44H53NO7Si/c1-30(25-31-15-14-16-33(46)26-31)22-23-38-40-32(28-52-53(44(2,3)4,34-17-8-5-9-18-34)35-19-10-6-11-20-35)27-36-41(37(40)29-51-38)43(50)45(42(36)49)24-13-7-12-21-39(47)48/h5-6,8-11,14-20,25-26,36-38,41,46H,7,12-13,21-24,27-29H2,1-4H3,(H,47,48)/b30-25+/t36-,37+,38-,41-/m1/s1. The first-order chi connectivity index (χ1) is 25.4. The van der Waals surface area contributed by atoms with Gasteiger partial charge in [-0.2, -0.15) is 0 Å². The normalized spacial score (nSPS) is 22.0. The quantitative estimate of drug-likeness (QED) is 0.0741. The fourth-order valence-electron chi connectivity index (χ4n) is 8.90. The summed E-state index contributed by atoms with van der Waals surface area (Å²) >= 11 is 0. The first-order valence-electron chi connectivity index (χ1n) is 19.0. The minimum absolute atomic E-state index is 0.0817. The number of carbonyl (C=O) groups excluding carboxylic acids is 2. The number of hydrogen-bond acceptors (Lipinski definition) is 6. The number of ether oxygens (including phenoxy) is 1. The van der Waals surface area contributed by atoms with E-state index in [-0.39, 0.29) is 41.0 Å².